The van der Waals surface area contributed by atoms with Gasteiger partial charge in [0.15, 0.2) is 18.9 Å². The van der Waals surface area contributed by atoms with Crippen LogP contribution in [0.1, 0.15) is 20.8 Å². The second-order valence-corrected chi connectivity index (χ2v) is 9.42. The molecule has 0 spiro atoms. The highest BCUT2D eigenvalue weighted by Crippen LogP contribution is 2.34. The fourth-order valence-electron chi connectivity index (χ4n) is 4.60. The summed E-state index contributed by atoms with van der Waals surface area (Å²) in [7, 11) is 0. The molecule has 0 radical (unpaired) electrons. The Hall–Kier alpha value is -1.05. The van der Waals surface area contributed by atoms with Crippen LogP contribution in [0.2, 0.25) is 0 Å². The summed E-state index contributed by atoms with van der Waals surface area (Å²) >= 11 is 0. The molecule has 3 rings (SSSR count). The average Bonchev–Trinajstić information content (AvgIpc) is 2.84. The lowest BCUT2D eigenvalue weighted by Crippen LogP contribution is -2.69. The molecule has 3 saturated heterocycles. The van der Waals surface area contributed by atoms with Gasteiger partial charge in [-0.05, 0) is 6.92 Å². The topological polar surface area (TPSA) is 237 Å². The van der Waals surface area contributed by atoms with E-state index in [2.05, 4.69) is 5.32 Å². The SMILES string of the molecule is CC(=O)NC1[C@H](O)OC(CO)[C@@H](O[C@@H]2O[C@@H](CO)[C@H](O)C(C)C2O)[C@@H]1O[C@@H]1OC(C)[C@@H](O)[C@H](O)C1O. The molecule has 3 heterocycles. The number of amides is 1. The molecule has 3 aliphatic heterocycles. The molecular formula is C21H37NO14. The van der Waals surface area contributed by atoms with Crippen LogP contribution >= 0.6 is 0 Å². The third kappa shape index (κ3) is 5.99. The van der Waals surface area contributed by atoms with Crippen LogP contribution in [-0.4, -0.2) is 146 Å². The van der Waals surface area contributed by atoms with Crippen molar-refractivity contribution in [2.24, 2.45) is 5.92 Å². The molecule has 0 aromatic rings. The number of rotatable bonds is 7. The quantitative estimate of drug-likeness (QED) is 0.151. The summed E-state index contributed by atoms with van der Waals surface area (Å²) in [5.41, 5.74) is 0. The Morgan fingerprint density at radius 3 is 1.92 bits per heavy atom. The number of aliphatic hydroxyl groups excluding tert-OH is 8. The van der Waals surface area contributed by atoms with Gasteiger partial charge in [0.05, 0.1) is 25.4 Å². The highest BCUT2D eigenvalue weighted by atomic mass is 16.7. The number of hydrogen-bond acceptors (Lipinski definition) is 14. The standard InChI is InChI=1S/C21H37NO14/c1-6-12(26)9(4-23)34-20(13(6)27)35-17-10(5-24)33-19(31)11(22-8(3)25)18(17)36-21-16(30)15(29)14(28)7(2)32-21/h6-7,9-21,23-24,26-31H,4-5H2,1-3H3,(H,22,25)/t6?,7?,9-,10?,11?,12+,13?,14+,15-,16?,17+,18+,19+,20-,21-/m0/s1. The molecule has 15 nitrogen and oxygen atoms in total. The number of carbonyl (C=O) groups is 1. The van der Waals surface area contributed by atoms with Crippen molar-refractivity contribution in [1.29, 1.82) is 0 Å². The number of carbonyl (C=O) groups excluding carboxylic acids is 1. The van der Waals surface area contributed by atoms with E-state index in [1.807, 2.05) is 0 Å². The summed E-state index contributed by atoms with van der Waals surface area (Å²) in [6, 6.07) is -1.34. The molecule has 210 valence electrons. The maximum atomic E-state index is 11.9. The van der Waals surface area contributed by atoms with E-state index < -0.39 is 111 Å². The predicted octanol–water partition coefficient (Wildman–Crippen LogP) is -5.13. The Labute approximate surface area is 207 Å². The highest BCUT2D eigenvalue weighted by molar-refractivity contribution is 5.73. The van der Waals surface area contributed by atoms with E-state index in [1.165, 1.54) is 13.8 Å². The monoisotopic (exact) mass is 527 g/mol. The van der Waals surface area contributed by atoms with Gasteiger partial charge in [-0.3, -0.25) is 4.79 Å². The second kappa shape index (κ2) is 12.2. The summed E-state index contributed by atoms with van der Waals surface area (Å²) < 4.78 is 28.2. The summed E-state index contributed by atoms with van der Waals surface area (Å²) in [5, 5.41) is 83.9. The molecule has 3 aliphatic rings. The molecule has 3 fully saturated rings. The van der Waals surface area contributed by atoms with E-state index in [4.69, 9.17) is 23.7 Å². The van der Waals surface area contributed by atoms with Gasteiger partial charge < -0.3 is 69.9 Å². The largest absolute Gasteiger partial charge is 0.394 e. The first-order chi connectivity index (χ1) is 16.9. The minimum absolute atomic E-state index is 0.587. The van der Waals surface area contributed by atoms with Crippen LogP contribution in [0.25, 0.3) is 0 Å². The maximum absolute atomic E-state index is 11.9. The first-order valence-electron chi connectivity index (χ1n) is 11.8. The number of hydrogen-bond donors (Lipinski definition) is 9. The van der Waals surface area contributed by atoms with Gasteiger partial charge in [-0.25, -0.2) is 0 Å². The van der Waals surface area contributed by atoms with Gasteiger partial charge in [-0.2, -0.15) is 0 Å². The Morgan fingerprint density at radius 1 is 0.750 bits per heavy atom. The summed E-state index contributed by atoms with van der Waals surface area (Å²) in [6.07, 6.45) is -18.3. The van der Waals surface area contributed by atoms with Crippen LogP contribution in [0.3, 0.4) is 0 Å². The maximum Gasteiger partial charge on any atom is 0.217 e. The van der Waals surface area contributed by atoms with Gasteiger partial charge in [0, 0.05) is 12.8 Å². The van der Waals surface area contributed by atoms with E-state index in [9.17, 15) is 45.6 Å². The Morgan fingerprint density at radius 2 is 1.33 bits per heavy atom. The fraction of sp³-hybridized carbons (Fsp3) is 0.952. The molecule has 15 heteroatoms. The molecule has 1 amide bonds. The zero-order valence-electron chi connectivity index (χ0n) is 20.1. The Bertz CT molecular complexity index is 729. The summed E-state index contributed by atoms with van der Waals surface area (Å²) in [4.78, 5) is 11.9. The molecule has 0 aliphatic carbocycles. The van der Waals surface area contributed by atoms with Gasteiger partial charge in [-0.1, -0.05) is 6.92 Å². The van der Waals surface area contributed by atoms with Crippen LogP contribution in [0.4, 0.5) is 0 Å². The molecule has 0 aromatic carbocycles. The van der Waals surface area contributed by atoms with Crippen molar-refractivity contribution in [3.05, 3.63) is 0 Å². The highest BCUT2D eigenvalue weighted by Gasteiger charge is 2.53. The van der Waals surface area contributed by atoms with Crippen molar-refractivity contribution >= 4 is 5.91 Å². The lowest BCUT2D eigenvalue weighted by atomic mass is 9.90. The zero-order valence-corrected chi connectivity index (χ0v) is 20.1. The van der Waals surface area contributed by atoms with Gasteiger partial charge in [0.25, 0.3) is 0 Å². The summed E-state index contributed by atoms with van der Waals surface area (Å²) in [5.74, 6) is -1.40. The normalized spacial score (nSPS) is 50.0. The lowest BCUT2D eigenvalue weighted by Gasteiger charge is -2.49. The minimum atomic E-state index is -1.74. The van der Waals surface area contributed by atoms with E-state index in [0.29, 0.717) is 0 Å². The Kier molecular flexibility index (Phi) is 10.0. The average molecular weight is 528 g/mol. The predicted molar refractivity (Wildman–Crippen MR) is 115 cm³/mol. The fourth-order valence-corrected chi connectivity index (χ4v) is 4.60. The smallest absolute Gasteiger partial charge is 0.217 e. The Balaban J connectivity index is 1.92. The van der Waals surface area contributed by atoms with Crippen LogP contribution in [0.5, 0.6) is 0 Å². The van der Waals surface area contributed by atoms with Crippen LogP contribution < -0.4 is 5.32 Å². The number of nitrogens with one attached hydrogen (secondary N) is 1. The van der Waals surface area contributed by atoms with Crippen molar-refractivity contribution in [3.8, 4) is 0 Å². The van der Waals surface area contributed by atoms with Gasteiger partial charge in [-0.15, -0.1) is 0 Å². The molecule has 6 unspecified atom stereocenters. The number of aliphatic hydroxyl groups is 8. The third-order valence-corrected chi connectivity index (χ3v) is 6.83. The van der Waals surface area contributed by atoms with Gasteiger partial charge in [0.1, 0.15) is 54.9 Å². The summed E-state index contributed by atoms with van der Waals surface area (Å²) in [6.45, 7) is 2.80. The van der Waals surface area contributed by atoms with Gasteiger partial charge >= 0.3 is 0 Å². The molecular weight excluding hydrogens is 490 g/mol. The van der Waals surface area contributed by atoms with Crippen LogP contribution in [0, 0.1) is 5.92 Å². The van der Waals surface area contributed by atoms with Crippen molar-refractivity contribution in [2.45, 2.75) is 107 Å². The second-order valence-electron chi connectivity index (χ2n) is 9.42. The van der Waals surface area contributed by atoms with E-state index >= 15 is 0 Å². The van der Waals surface area contributed by atoms with Crippen molar-refractivity contribution in [1.82, 2.24) is 5.32 Å². The molecule has 0 aromatic heterocycles. The number of ether oxygens (including phenoxy) is 5. The first kappa shape index (κ1) is 29.5. The van der Waals surface area contributed by atoms with Crippen LogP contribution in [0.15, 0.2) is 0 Å². The third-order valence-electron chi connectivity index (χ3n) is 6.83. The molecule has 15 atom stereocenters. The van der Waals surface area contributed by atoms with Crippen molar-refractivity contribution in [2.75, 3.05) is 13.2 Å². The van der Waals surface area contributed by atoms with E-state index in [0.717, 1.165) is 6.92 Å². The van der Waals surface area contributed by atoms with E-state index in [1.54, 1.807) is 0 Å². The van der Waals surface area contributed by atoms with Gasteiger partial charge in [0.2, 0.25) is 5.91 Å². The first-order valence-corrected chi connectivity index (χ1v) is 11.8. The zero-order chi connectivity index (χ0) is 26.9. The minimum Gasteiger partial charge on any atom is -0.394 e. The van der Waals surface area contributed by atoms with E-state index in [-0.39, 0.29) is 0 Å². The molecule has 36 heavy (non-hydrogen) atoms. The molecule has 9 N–H and O–H groups in total. The van der Waals surface area contributed by atoms with Crippen molar-refractivity contribution < 1.29 is 69.3 Å². The molecule has 0 saturated carbocycles. The van der Waals surface area contributed by atoms with Crippen LogP contribution in [-0.2, 0) is 28.5 Å². The molecule has 0 bridgehead atoms. The lowest BCUT2D eigenvalue weighted by molar-refractivity contribution is -0.367. The van der Waals surface area contributed by atoms with Crippen molar-refractivity contribution in [3.63, 3.8) is 0 Å².